The van der Waals surface area contributed by atoms with E-state index in [1.165, 1.54) is 5.56 Å². The summed E-state index contributed by atoms with van der Waals surface area (Å²) < 4.78 is 0. The molecule has 1 unspecified atom stereocenters. The third-order valence-corrected chi connectivity index (χ3v) is 3.32. The smallest absolute Gasteiger partial charge is 0.238 e. The van der Waals surface area contributed by atoms with Crippen molar-refractivity contribution in [3.05, 3.63) is 35.9 Å². The fourth-order valence-electron chi connectivity index (χ4n) is 1.68. The Kier molecular flexibility index (Phi) is 3.28. The molecule has 1 aromatic carbocycles. The molecule has 4 heteroatoms. The van der Waals surface area contributed by atoms with Gasteiger partial charge >= 0.3 is 0 Å². The molecule has 1 aromatic rings. The second-order valence-corrected chi connectivity index (χ2v) is 4.39. The fourth-order valence-corrected chi connectivity index (χ4v) is 2.38. The lowest BCUT2D eigenvalue weighted by Crippen LogP contribution is -2.33. The van der Waals surface area contributed by atoms with E-state index in [1.807, 2.05) is 41.5 Å². The fraction of sp³-hybridized carbons (Fsp3) is 0.364. The predicted octanol–water partition coefficient (Wildman–Crippen LogP) is 1.26. The number of nitrogens with zero attached hydrogens (tertiary/aromatic N) is 1. The van der Waals surface area contributed by atoms with Gasteiger partial charge in [-0.15, -0.1) is 11.8 Å². The molecule has 2 rings (SSSR count). The highest BCUT2D eigenvalue weighted by molar-refractivity contribution is 7.99. The minimum atomic E-state index is 0.123. The van der Waals surface area contributed by atoms with Gasteiger partial charge in [-0.3, -0.25) is 10.1 Å². The van der Waals surface area contributed by atoms with E-state index in [4.69, 9.17) is 0 Å². The number of nitrogens with one attached hydrogen (secondary N) is 1. The molecule has 80 valence electrons. The topological polar surface area (TPSA) is 32.3 Å². The highest BCUT2D eigenvalue weighted by atomic mass is 32.2. The zero-order valence-electron chi connectivity index (χ0n) is 8.64. The normalized spacial score (nSPS) is 21.0. The Morgan fingerprint density at radius 1 is 1.47 bits per heavy atom. The number of carbonyl (C=O) groups excluding carboxylic acids is 1. The van der Waals surface area contributed by atoms with Crippen LogP contribution in [0.2, 0.25) is 0 Å². The molecule has 0 aromatic heterocycles. The first-order valence-electron chi connectivity index (χ1n) is 4.91. The Labute approximate surface area is 93.8 Å². The minimum absolute atomic E-state index is 0.123. The molecule has 0 spiro atoms. The summed E-state index contributed by atoms with van der Waals surface area (Å²) in [5.41, 5.74) is 1.30. The van der Waals surface area contributed by atoms with Gasteiger partial charge in [0, 0.05) is 6.54 Å². The first-order chi connectivity index (χ1) is 7.31. The maximum Gasteiger partial charge on any atom is 0.238 e. The Hall–Kier alpha value is -1.00. The van der Waals surface area contributed by atoms with Crippen LogP contribution in [0.4, 0.5) is 0 Å². The van der Waals surface area contributed by atoms with Crippen LogP contribution in [0.3, 0.4) is 0 Å². The van der Waals surface area contributed by atoms with Gasteiger partial charge in [0.1, 0.15) is 5.50 Å². The number of benzene rings is 1. The SMILES string of the molecule is CSC1NCC(=O)N1Cc1ccccc1. The molecule has 1 N–H and O–H groups in total. The third kappa shape index (κ3) is 2.33. The van der Waals surface area contributed by atoms with Crippen molar-refractivity contribution >= 4 is 17.7 Å². The van der Waals surface area contributed by atoms with Gasteiger partial charge in [-0.25, -0.2) is 0 Å². The first kappa shape index (κ1) is 10.5. The largest absolute Gasteiger partial charge is 0.312 e. The van der Waals surface area contributed by atoms with Crippen LogP contribution in [0.15, 0.2) is 30.3 Å². The molecular formula is C11H14N2OS. The third-order valence-electron chi connectivity index (χ3n) is 2.45. The molecule has 15 heavy (non-hydrogen) atoms. The minimum Gasteiger partial charge on any atom is -0.312 e. The number of rotatable bonds is 3. The average Bonchev–Trinajstić information content (AvgIpc) is 2.62. The predicted molar refractivity (Wildman–Crippen MR) is 62.3 cm³/mol. The van der Waals surface area contributed by atoms with Gasteiger partial charge in [-0.05, 0) is 11.8 Å². The van der Waals surface area contributed by atoms with Crippen molar-refractivity contribution in [2.24, 2.45) is 0 Å². The van der Waals surface area contributed by atoms with E-state index >= 15 is 0 Å². The van der Waals surface area contributed by atoms with Gasteiger partial charge in [-0.2, -0.15) is 0 Å². The Bertz CT molecular complexity index is 342. The molecule has 1 amide bonds. The number of amides is 1. The van der Waals surface area contributed by atoms with Crippen LogP contribution < -0.4 is 5.32 Å². The summed E-state index contributed by atoms with van der Waals surface area (Å²) in [7, 11) is 0. The first-order valence-corrected chi connectivity index (χ1v) is 6.19. The molecule has 1 aliphatic rings. The van der Waals surface area contributed by atoms with E-state index in [1.54, 1.807) is 11.8 Å². The Morgan fingerprint density at radius 2 is 2.20 bits per heavy atom. The molecule has 0 radical (unpaired) electrons. The van der Waals surface area contributed by atoms with E-state index < -0.39 is 0 Å². The molecule has 0 aliphatic carbocycles. The molecule has 1 fully saturated rings. The Balaban J connectivity index is 2.07. The van der Waals surface area contributed by atoms with Gasteiger partial charge in [-0.1, -0.05) is 30.3 Å². The van der Waals surface area contributed by atoms with Crippen LogP contribution in [0.1, 0.15) is 5.56 Å². The van der Waals surface area contributed by atoms with Crippen LogP contribution in [0.5, 0.6) is 0 Å². The van der Waals surface area contributed by atoms with Crippen LogP contribution >= 0.6 is 11.8 Å². The number of thioether (sulfide) groups is 1. The summed E-state index contributed by atoms with van der Waals surface area (Å²) in [6.07, 6.45) is 2.01. The summed E-state index contributed by atoms with van der Waals surface area (Å²) in [5, 5.41) is 3.17. The van der Waals surface area contributed by atoms with Crippen molar-refractivity contribution in [2.45, 2.75) is 12.0 Å². The van der Waals surface area contributed by atoms with Crippen molar-refractivity contribution in [2.75, 3.05) is 12.8 Å². The van der Waals surface area contributed by atoms with Crippen LogP contribution in [0.25, 0.3) is 0 Å². The van der Waals surface area contributed by atoms with Gasteiger partial charge in [0.05, 0.1) is 6.54 Å². The number of carbonyl (C=O) groups is 1. The molecule has 0 saturated carbocycles. The van der Waals surface area contributed by atoms with Gasteiger partial charge < -0.3 is 4.90 Å². The van der Waals surface area contributed by atoms with Gasteiger partial charge in [0.15, 0.2) is 0 Å². The van der Waals surface area contributed by atoms with Crippen molar-refractivity contribution in [3.63, 3.8) is 0 Å². The highest BCUT2D eigenvalue weighted by Gasteiger charge is 2.29. The molecular weight excluding hydrogens is 208 g/mol. The maximum absolute atomic E-state index is 11.6. The lowest BCUT2D eigenvalue weighted by atomic mass is 10.2. The van der Waals surface area contributed by atoms with E-state index in [0.717, 1.165) is 0 Å². The Morgan fingerprint density at radius 3 is 2.87 bits per heavy atom. The summed E-state index contributed by atoms with van der Waals surface area (Å²) in [4.78, 5) is 13.5. The van der Waals surface area contributed by atoms with Crippen molar-refractivity contribution < 1.29 is 4.79 Å². The molecule has 1 heterocycles. The molecule has 0 bridgehead atoms. The summed E-state index contributed by atoms with van der Waals surface area (Å²) in [6.45, 7) is 1.15. The standard InChI is InChI=1S/C11H14N2OS/c1-15-11-12-7-10(14)13(11)8-9-5-3-2-4-6-9/h2-6,11-12H,7-8H2,1H3. The molecule has 1 saturated heterocycles. The van der Waals surface area contributed by atoms with E-state index in [-0.39, 0.29) is 11.4 Å². The second-order valence-electron chi connectivity index (χ2n) is 3.48. The second kappa shape index (κ2) is 4.68. The van der Waals surface area contributed by atoms with Crippen molar-refractivity contribution in [3.8, 4) is 0 Å². The lowest BCUT2D eigenvalue weighted by Gasteiger charge is -2.22. The molecule has 3 nitrogen and oxygen atoms in total. The van der Waals surface area contributed by atoms with Gasteiger partial charge in [0.25, 0.3) is 0 Å². The van der Waals surface area contributed by atoms with Crippen molar-refractivity contribution in [1.29, 1.82) is 0 Å². The van der Waals surface area contributed by atoms with Crippen LogP contribution in [-0.2, 0) is 11.3 Å². The molecule has 1 atom stereocenters. The number of hydrogen-bond donors (Lipinski definition) is 1. The van der Waals surface area contributed by atoms with Crippen molar-refractivity contribution in [1.82, 2.24) is 10.2 Å². The quantitative estimate of drug-likeness (QED) is 0.836. The van der Waals surface area contributed by atoms with E-state index in [0.29, 0.717) is 13.1 Å². The zero-order chi connectivity index (χ0) is 10.7. The van der Waals surface area contributed by atoms with Crippen LogP contribution in [-0.4, -0.2) is 29.1 Å². The summed E-state index contributed by atoms with van der Waals surface area (Å²) in [6, 6.07) is 10.1. The maximum atomic E-state index is 11.6. The average molecular weight is 222 g/mol. The lowest BCUT2D eigenvalue weighted by molar-refractivity contribution is -0.127. The monoisotopic (exact) mass is 222 g/mol. The van der Waals surface area contributed by atoms with E-state index in [9.17, 15) is 4.79 Å². The van der Waals surface area contributed by atoms with E-state index in [2.05, 4.69) is 5.32 Å². The number of hydrogen-bond acceptors (Lipinski definition) is 3. The van der Waals surface area contributed by atoms with Crippen LogP contribution in [0, 0.1) is 0 Å². The van der Waals surface area contributed by atoms with Gasteiger partial charge in [0.2, 0.25) is 5.91 Å². The molecule has 1 aliphatic heterocycles. The summed E-state index contributed by atoms with van der Waals surface area (Å²) >= 11 is 1.66. The zero-order valence-corrected chi connectivity index (χ0v) is 9.46. The highest BCUT2D eigenvalue weighted by Crippen LogP contribution is 2.17. The summed E-state index contributed by atoms with van der Waals surface area (Å²) in [5.74, 6) is 0.179.